The summed E-state index contributed by atoms with van der Waals surface area (Å²) in [7, 11) is 0. The monoisotopic (exact) mass is 269 g/mol. The van der Waals surface area contributed by atoms with E-state index in [1.165, 1.54) is 24.0 Å². The van der Waals surface area contributed by atoms with E-state index in [1.807, 2.05) is 12.1 Å². The summed E-state index contributed by atoms with van der Waals surface area (Å²) in [5, 5.41) is 3.77. The molecule has 1 unspecified atom stereocenters. The van der Waals surface area contributed by atoms with Gasteiger partial charge in [0.15, 0.2) is 0 Å². The van der Waals surface area contributed by atoms with Gasteiger partial charge < -0.3 is 9.73 Å². The van der Waals surface area contributed by atoms with Crippen molar-refractivity contribution in [2.45, 2.75) is 45.7 Å². The average Bonchev–Trinajstić information content (AvgIpc) is 2.96. The Bertz CT molecular complexity index is 571. The van der Waals surface area contributed by atoms with Gasteiger partial charge in [-0.2, -0.15) is 0 Å². The van der Waals surface area contributed by atoms with Gasteiger partial charge in [-0.05, 0) is 48.4 Å². The summed E-state index contributed by atoms with van der Waals surface area (Å²) in [4.78, 5) is 0. The van der Waals surface area contributed by atoms with Gasteiger partial charge in [-0.25, -0.2) is 0 Å². The van der Waals surface area contributed by atoms with E-state index in [1.54, 1.807) is 6.26 Å². The van der Waals surface area contributed by atoms with Crippen molar-refractivity contribution in [1.29, 1.82) is 0 Å². The third-order valence-corrected chi connectivity index (χ3v) is 4.57. The molecule has 2 heteroatoms. The van der Waals surface area contributed by atoms with Crippen LogP contribution >= 0.6 is 0 Å². The number of fused-ring (bicyclic) bond motifs is 1. The van der Waals surface area contributed by atoms with Crippen LogP contribution in [0.4, 0.5) is 0 Å². The summed E-state index contributed by atoms with van der Waals surface area (Å²) in [6, 6.07) is 13.4. The second-order valence-corrected chi connectivity index (χ2v) is 6.52. The van der Waals surface area contributed by atoms with Crippen LogP contribution in [0.5, 0.6) is 0 Å². The van der Waals surface area contributed by atoms with Gasteiger partial charge in [0.05, 0.1) is 12.3 Å². The number of hydrogen-bond donors (Lipinski definition) is 1. The summed E-state index contributed by atoms with van der Waals surface area (Å²) in [6.07, 6.45) is 4.14. The smallest absolute Gasteiger partial charge is 0.120 e. The number of benzene rings is 1. The van der Waals surface area contributed by atoms with Crippen LogP contribution in [0.2, 0.25) is 0 Å². The Morgan fingerprint density at radius 3 is 2.75 bits per heavy atom. The molecule has 0 saturated carbocycles. The van der Waals surface area contributed by atoms with Crippen molar-refractivity contribution in [3.05, 3.63) is 59.5 Å². The minimum absolute atomic E-state index is 0.223. The van der Waals surface area contributed by atoms with Crippen molar-refractivity contribution in [2.75, 3.05) is 0 Å². The molecule has 1 aliphatic rings. The molecule has 106 valence electrons. The quantitative estimate of drug-likeness (QED) is 0.877. The lowest BCUT2D eigenvalue weighted by molar-refractivity contribution is 0.191. The molecule has 3 rings (SSSR count). The van der Waals surface area contributed by atoms with Gasteiger partial charge in [0, 0.05) is 6.04 Å². The molecule has 0 saturated heterocycles. The molecule has 0 spiro atoms. The molecule has 2 nitrogen and oxygen atoms in total. The lowest BCUT2D eigenvalue weighted by atomic mass is 9.70. The van der Waals surface area contributed by atoms with E-state index in [0.717, 1.165) is 5.76 Å². The van der Waals surface area contributed by atoms with Gasteiger partial charge in [-0.3, -0.25) is 0 Å². The Morgan fingerprint density at radius 1 is 1.20 bits per heavy atom. The van der Waals surface area contributed by atoms with Crippen LogP contribution in [0, 0.1) is 5.41 Å². The maximum atomic E-state index is 5.53. The second kappa shape index (κ2) is 5.10. The van der Waals surface area contributed by atoms with Crippen LogP contribution in [0.3, 0.4) is 0 Å². The zero-order chi connectivity index (χ0) is 14.2. The predicted octanol–water partition coefficient (Wildman–Crippen LogP) is 4.64. The van der Waals surface area contributed by atoms with Gasteiger partial charge in [-0.1, -0.05) is 38.1 Å². The first kappa shape index (κ1) is 13.4. The van der Waals surface area contributed by atoms with Gasteiger partial charge in [0.1, 0.15) is 5.76 Å². The SMILES string of the molecule is C[C@@H](NC1c2ccccc2CCC1(C)C)c1ccco1. The molecule has 0 amide bonds. The summed E-state index contributed by atoms with van der Waals surface area (Å²) in [5.41, 5.74) is 3.19. The highest BCUT2D eigenvalue weighted by molar-refractivity contribution is 5.34. The summed E-state index contributed by atoms with van der Waals surface area (Å²) < 4.78 is 5.53. The fourth-order valence-electron chi connectivity index (χ4n) is 3.25. The average molecular weight is 269 g/mol. The molecular formula is C18H23NO. The van der Waals surface area contributed by atoms with Gasteiger partial charge in [-0.15, -0.1) is 0 Å². The van der Waals surface area contributed by atoms with Crippen molar-refractivity contribution in [3.63, 3.8) is 0 Å². The fourth-order valence-corrected chi connectivity index (χ4v) is 3.25. The summed E-state index contributed by atoms with van der Waals surface area (Å²) in [6.45, 7) is 6.89. The Morgan fingerprint density at radius 2 is 2.00 bits per heavy atom. The molecule has 1 heterocycles. The molecule has 0 bridgehead atoms. The van der Waals surface area contributed by atoms with E-state index in [4.69, 9.17) is 4.42 Å². The number of hydrogen-bond acceptors (Lipinski definition) is 2. The first-order chi connectivity index (χ1) is 9.58. The van der Waals surface area contributed by atoms with E-state index < -0.39 is 0 Å². The zero-order valence-electron chi connectivity index (χ0n) is 12.5. The fraction of sp³-hybridized carbons (Fsp3) is 0.444. The molecule has 1 aromatic carbocycles. The van der Waals surface area contributed by atoms with Crippen molar-refractivity contribution < 1.29 is 4.42 Å². The molecule has 0 aliphatic heterocycles. The third-order valence-electron chi connectivity index (χ3n) is 4.57. The van der Waals surface area contributed by atoms with Crippen molar-refractivity contribution in [2.24, 2.45) is 5.41 Å². The van der Waals surface area contributed by atoms with Crippen LogP contribution < -0.4 is 5.32 Å². The predicted molar refractivity (Wildman–Crippen MR) is 81.5 cm³/mol. The molecule has 1 aromatic heterocycles. The van der Waals surface area contributed by atoms with Crippen LogP contribution in [0.1, 0.15) is 56.2 Å². The Labute approximate surface area is 121 Å². The highest BCUT2D eigenvalue weighted by atomic mass is 16.3. The first-order valence-electron chi connectivity index (χ1n) is 7.45. The number of rotatable bonds is 3. The van der Waals surface area contributed by atoms with E-state index in [-0.39, 0.29) is 11.5 Å². The standard InChI is InChI=1S/C18H23NO/c1-13(16-9-6-12-20-16)19-17-15-8-5-4-7-14(15)10-11-18(17,2)3/h4-9,12-13,17,19H,10-11H2,1-3H3/t13-,17?/m1/s1. The molecular weight excluding hydrogens is 246 g/mol. The summed E-state index contributed by atoms with van der Waals surface area (Å²) >= 11 is 0. The minimum atomic E-state index is 0.223. The Balaban J connectivity index is 1.90. The maximum absolute atomic E-state index is 5.53. The first-order valence-corrected chi connectivity index (χ1v) is 7.45. The van der Waals surface area contributed by atoms with Gasteiger partial charge >= 0.3 is 0 Å². The zero-order valence-corrected chi connectivity index (χ0v) is 12.5. The molecule has 1 N–H and O–H groups in total. The van der Waals surface area contributed by atoms with Crippen LogP contribution in [-0.4, -0.2) is 0 Å². The second-order valence-electron chi connectivity index (χ2n) is 6.52. The lowest BCUT2D eigenvalue weighted by Crippen LogP contribution is -2.39. The Hall–Kier alpha value is -1.54. The number of furan rings is 1. The largest absolute Gasteiger partial charge is 0.468 e. The summed E-state index contributed by atoms with van der Waals surface area (Å²) in [5.74, 6) is 1.00. The van der Waals surface area contributed by atoms with Gasteiger partial charge in [0.2, 0.25) is 0 Å². The lowest BCUT2D eigenvalue weighted by Gasteiger charge is -2.41. The molecule has 1 aliphatic carbocycles. The molecule has 0 radical (unpaired) electrons. The molecule has 2 aromatic rings. The molecule has 2 atom stereocenters. The minimum Gasteiger partial charge on any atom is -0.468 e. The van der Waals surface area contributed by atoms with Crippen molar-refractivity contribution in [1.82, 2.24) is 5.32 Å². The maximum Gasteiger partial charge on any atom is 0.120 e. The van der Waals surface area contributed by atoms with Crippen LogP contribution in [-0.2, 0) is 6.42 Å². The normalized spacial score (nSPS) is 22.2. The van der Waals surface area contributed by atoms with E-state index in [0.29, 0.717) is 6.04 Å². The number of aryl methyl sites for hydroxylation is 1. The third kappa shape index (κ3) is 2.40. The van der Waals surface area contributed by atoms with Crippen LogP contribution in [0.25, 0.3) is 0 Å². The number of nitrogens with one attached hydrogen (secondary N) is 1. The Kier molecular flexibility index (Phi) is 3.43. The van der Waals surface area contributed by atoms with E-state index in [9.17, 15) is 0 Å². The van der Waals surface area contributed by atoms with Gasteiger partial charge in [0.25, 0.3) is 0 Å². The van der Waals surface area contributed by atoms with E-state index >= 15 is 0 Å². The van der Waals surface area contributed by atoms with Crippen molar-refractivity contribution in [3.8, 4) is 0 Å². The molecule has 0 fully saturated rings. The molecule has 20 heavy (non-hydrogen) atoms. The van der Waals surface area contributed by atoms with Crippen molar-refractivity contribution >= 4 is 0 Å². The highest BCUT2D eigenvalue weighted by Crippen LogP contribution is 2.44. The topological polar surface area (TPSA) is 25.2 Å². The van der Waals surface area contributed by atoms with E-state index in [2.05, 4.69) is 50.4 Å². The highest BCUT2D eigenvalue weighted by Gasteiger charge is 2.36. The van der Waals surface area contributed by atoms with Crippen LogP contribution in [0.15, 0.2) is 47.1 Å².